The van der Waals surface area contributed by atoms with E-state index in [0.29, 0.717) is 12.3 Å². The summed E-state index contributed by atoms with van der Waals surface area (Å²) < 4.78 is 15.5. The molecule has 1 unspecified atom stereocenters. The molecule has 13 rings (SSSR count). The molecule has 0 N–H and O–H groups in total. The van der Waals surface area contributed by atoms with Crippen LogP contribution in [0.25, 0.3) is 99.0 Å². The zero-order valence-electron chi connectivity index (χ0n) is 35.0. The normalized spacial score (nSPS) is 17.1. The number of amidine groups is 1. The van der Waals surface area contributed by atoms with E-state index in [2.05, 4.69) is 187 Å². The minimum absolute atomic E-state index is 0.0265. The number of allylic oxidation sites excluding steroid dienone is 1. The highest BCUT2D eigenvalue weighted by molar-refractivity contribution is 6.23. The molecule has 5 nitrogen and oxygen atoms in total. The number of rotatable bonds is 5. The molecule has 0 fully saturated rings. The molecule has 0 amide bonds. The molecule has 64 heavy (non-hydrogen) atoms. The van der Waals surface area contributed by atoms with E-state index in [4.69, 9.17) is 18.8 Å². The summed E-state index contributed by atoms with van der Waals surface area (Å²) in [5.74, 6) is 0.672. The topological polar surface area (TPSA) is 55.9 Å². The molecule has 9 aromatic carbocycles. The number of benzene rings is 9. The van der Waals surface area contributed by atoms with Crippen molar-refractivity contribution in [2.45, 2.75) is 13.3 Å². The highest BCUT2D eigenvalue weighted by atomic mass is 16.3. The minimum Gasteiger partial charge on any atom is -0.456 e. The number of furan rings is 2. The first kappa shape index (κ1) is 36.4. The van der Waals surface area contributed by atoms with Crippen molar-refractivity contribution in [3.63, 3.8) is 0 Å². The Morgan fingerprint density at radius 3 is 1.97 bits per heavy atom. The number of para-hydroxylation sites is 3. The Morgan fingerprint density at radius 2 is 1.11 bits per heavy atom. The number of aliphatic imine (C=N–C) groups is 2. The average molecular weight is 822 g/mol. The Bertz CT molecular complexity index is 3950. The number of fused-ring (bicyclic) bond motifs is 10. The van der Waals surface area contributed by atoms with Gasteiger partial charge in [0.15, 0.2) is 5.84 Å². The van der Waals surface area contributed by atoms with Crippen LogP contribution in [0.5, 0.6) is 0 Å². The van der Waals surface area contributed by atoms with Crippen LogP contribution in [0.1, 0.15) is 30.0 Å². The van der Waals surface area contributed by atoms with Crippen molar-refractivity contribution < 1.29 is 8.83 Å². The lowest BCUT2D eigenvalue weighted by Gasteiger charge is -2.21. The predicted octanol–water partition coefficient (Wildman–Crippen LogP) is 15.7. The van der Waals surface area contributed by atoms with Crippen LogP contribution in [-0.2, 0) is 0 Å². The standard InChI is InChI=1S/C59H39N3O2/c1-36-29-30-49(60-59(41-20-13-19-38(31-41)37-15-3-2-4-16-37)61-58(36)45-24-14-28-55-57(45)44-23-9-12-27-54(44)63-55)48-34-47-43-22-8-11-26-53(43)64-56(47)35-52(48)62-50-25-10-7-21-42(50)46-32-39-17-5-6-18-40(39)33-51(46)62/h2-28,30-36H,29H2,1H3/b49-30+,60-59-,61-58+. The van der Waals surface area contributed by atoms with Crippen molar-refractivity contribution in [2.75, 3.05) is 0 Å². The van der Waals surface area contributed by atoms with Crippen LogP contribution in [-0.4, -0.2) is 16.1 Å². The van der Waals surface area contributed by atoms with Gasteiger partial charge >= 0.3 is 0 Å². The highest BCUT2D eigenvalue weighted by Gasteiger charge is 2.25. The van der Waals surface area contributed by atoms with Crippen molar-refractivity contribution >= 4 is 93.7 Å². The summed E-state index contributed by atoms with van der Waals surface area (Å²) in [5.41, 5.74) is 13.7. The van der Waals surface area contributed by atoms with Crippen LogP contribution >= 0.6 is 0 Å². The van der Waals surface area contributed by atoms with Gasteiger partial charge in [0.25, 0.3) is 0 Å². The van der Waals surface area contributed by atoms with Gasteiger partial charge in [-0.1, -0.05) is 153 Å². The maximum atomic E-state index is 6.66. The van der Waals surface area contributed by atoms with Crippen LogP contribution in [0.4, 0.5) is 0 Å². The summed E-state index contributed by atoms with van der Waals surface area (Å²) in [6.07, 6.45) is 3.03. The van der Waals surface area contributed by atoms with E-state index in [9.17, 15) is 0 Å². The Labute approximate surface area is 368 Å². The maximum absolute atomic E-state index is 6.66. The van der Waals surface area contributed by atoms with Crippen LogP contribution < -0.4 is 0 Å². The summed E-state index contributed by atoms with van der Waals surface area (Å²) in [6, 6.07) is 68.6. The number of aromatic nitrogens is 1. The Kier molecular flexibility index (Phi) is 8.19. The van der Waals surface area contributed by atoms with Gasteiger partial charge in [-0.3, -0.25) is 0 Å². The first-order valence-corrected chi connectivity index (χ1v) is 21.9. The fourth-order valence-electron chi connectivity index (χ4n) is 9.96. The molecular formula is C59H39N3O2. The molecule has 0 bridgehead atoms. The Hall–Kier alpha value is -8.28. The second-order valence-electron chi connectivity index (χ2n) is 16.9. The molecule has 0 saturated heterocycles. The third-order valence-corrected chi connectivity index (χ3v) is 13.0. The van der Waals surface area contributed by atoms with Gasteiger partial charge in [-0.05, 0) is 76.9 Å². The molecule has 5 heteroatoms. The molecule has 3 aromatic heterocycles. The van der Waals surface area contributed by atoms with Crippen molar-refractivity contribution in [2.24, 2.45) is 15.9 Å². The van der Waals surface area contributed by atoms with E-state index in [1.807, 2.05) is 24.3 Å². The third kappa shape index (κ3) is 5.78. The molecule has 0 saturated carbocycles. The van der Waals surface area contributed by atoms with Gasteiger partial charge in [0.1, 0.15) is 22.3 Å². The van der Waals surface area contributed by atoms with Gasteiger partial charge in [0, 0.05) is 61.0 Å². The van der Waals surface area contributed by atoms with Crippen molar-refractivity contribution in [3.8, 4) is 16.8 Å². The van der Waals surface area contributed by atoms with E-state index in [1.165, 1.54) is 21.5 Å². The lowest BCUT2D eigenvalue weighted by Crippen LogP contribution is -2.17. The van der Waals surface area contributed by atoms with Gasteiger partial charge in [0.05, 0.1) is 28.1 Å². The summed E-state index contributed by atoms with van der Waals surface area (Å²) in [6.45, 7) is 2.28. The molecule has 0 spiro atoms. The molecular weight excluding hydrogens is 783 g/mol. The molecule has 0 radical (unpaired) electrons. The molecule has 1 atom stereocenters. The van der Waals surface area contributed by atoms with Crippen molar-refractivity contribution in [1.29, 1.82) is 0 Å². The summed E-state index contributed by atoms with van der Waals surface area (Å²) in [5, 5.41) is 9.05. The van der Waals surface area contributed by atoms with Gasteiger partial charge in [-0.15, -0.1) is 0 Å². The summed E-state index contributed by atoms with van der Waals surface area (Å²) >= 11 is 0. The van der Waals surface area contributed by atoms with Gasteiger partial charge in [0.2, 0.25) is 0 Å². The van der Waals surface area contributed by atoms with Gasteiger partial charge in [-0.25, -0.2) is 9.98 Å². The number of hydrogen-bond acceptors (Lipinski definition) is 4. The van der Waals surface area contributed by atoms with Crippen molar-refractivity contribution in [1.82, 2.24) is 4.57 Å². The SMILES string of the molecule is CC1C/C=C(c2cc3c(cc2-n2c4ccccc4c4cc5ccccc5cc42)oc2ccccc23)/N=C(c2cccc(-c3ccccc3)c2)\N=C/1c1cccc2oc3ccccc3c12. The highest BCUT2D eigenvalue weighted by Crippen LogP contribution is 2.42. The van der Waals surface area contributed by atoms with E-state index in [1.54, 1.807) is 0 Å². The van der Waals surface area contributed by atoms with Crippen LogP contribution in [0.3, 0.4) is 0 Å². The second kappa shape index (κ2) is 14.4. The lowest BCUT2D eigenvalue weighted by molar-refractivity contribution is 0.668. The second-order valence-corrected chi connectivity index (χ2v) is 16.9. The van der Waals surface area contributed by atoms with E-state index >= 15 is 0 Å². The Morgan fingerprint density at radius 1 is 0.453 bits per heavy atom. The van der Waals surface area contributed by atoms with Crippen LogP contribution in [0, 0.1) is 5.92 Å². The molecule has 1 aliphatic heterocycles. The van der Waals surface area contributed by atoms with E-state index in [0.717, 1.165) is 99.8 Å². The van der Waals surface area contributed by atoms with Gasteiger partial charge in [-0.2, -0.15) is 0 Å². The first-order chi connectivity index (χ1) is 31.6. The quantitative estimate of drug-likeness (QED) is 0.174. The zero-order valence-corrected chi connectivity index (χ0v) is 35.0. The van der Waals surface area contributed by atoms with Crippen molar-refractivity contribution in [3.05, 3.63) is 217 Å². The average Bonchev–Trinajstić information content (AvgIpc) is 4.01. The summed E-state index contributed by atoms with van der Waals surface area (Å²) in [7, 11) is 0. The van der Waals surface area contributed by atoms with Crippen LogP contribution in [0.15, 0.2) is 219 Å². The minimum atomic E-state index is 0.0265. The number of hydrogen-bond donors (Lipinski definition) is 0. The molecule has 302 valence electrons. The van der Waals surface area contributed by atoms with E-state index < -0.39 is 0 Å². The smallest absolute Gasteiger partial charge is 0.160 e. The first-order valence-electron chi connectivity index (χ1n) is 21.9. The fourth-order valence-corrected chi connectivity index (χ4v) is 9.96. The maximum Gasteiger partial charge on any atom is 0.160 e. The zero-order chi connectivity index (χ0) is 42.3. The monoisotopic (exact) mass is 821 g/mol. The third-order valence-electron chi connectivity index (χ3n) is 13.0. The van der Waals surface area contributed by atoms with Gasteiger partial charge < -0.3 is 13.4 Å². The molecule has 4 heterocycles. The predicted molar refractivity (Wildman–Crippen MR) is 266 cm³/mol. The molecule has 0 aliphatic carbocycles. The lowest BCUT2D eigenvalue weighted by atomic mass is 9.90. The van der Waals surface area contributed by atoms with E-state index in [-0.39, 0.29) is 5.92 Å². The van der Waals surface area contributed by atoms with Crippen LogP contribution in [0.2, 0.25) is 0 Å². The summed E-state index contributed by atoms with van der Waals surface area (Å²) in [4.78, 5) is 11.4. The number of nitrogens with zero attached hydrogens (tertiary/aromatic N) is 3. The largest absolute Gasteiger partial charge is 0.456 e. The fraction of sp³-hybridized carbons (Fsp3) is 0.0508. The Balaban J connectivity index is 1.11. The molecule has 12 aromatic rings. The molecule has 1 aliphatic rings.